The van der Waals surface area contributed by atoms with Crippen LogP contribution in [0.5, 0.6) is 0 Å². The van der Waals surface area contributed by atoms with Crippen LogP contribution >= 0.6 is 34.2 Å². The fourth-order valence-corrected chi connectivity index (χ4v) is 3.55. The van der Waals surface area contributed by atoms with E-state index in [1.165, 1.54) is 12.1 Å². The molecule has 0 unspecified atom stereocenters. The van der Waals surface area contributed by atoms with Crippen LogP contribution in [0.4, 0.5) is 11.4 Å². The lowest BCUT2D eigenvalue weighted by Gasteiger charge is -2.10. The molecule has 0 aliphatic carbocycles. The van der Waals surface area contributed by atoms with Crippen LogP contribution in [0.2, 0.25) is 5.02 Å². The van der Waals surface area contributed by atoms with E-state index in [0.29, 0.717) is 16.4 Å². The zero-order chi connectivity index (χ0) is 14.0. The lowest BCUT2D eigenvalue weighted by Crippen LogP contribution is -2.13. The standard InChI is InChI=1S/C12H10ClIN2O2S/c13-11-6-8(14)4-5-12(11)16-19(17,18)10-3-1-2-9(15)7-10/h1-7,16H,15H2. The summed E-state index contributed by atoms with van der Waals surface area (Å²) in [5.41, 5.74) is 6.30. The van der Waals surface area contributed by atoms with Crippen LogP contribution in [0.3, 0.4) is 0 Å². The van der Waals surface area contributed by atoms with Crippen molar-refractivity contribution in [2.45, 2.75) is 4.90 Å². The lowest BCUT2D eigenvalue weighted by atomic mass is 10.3. The average Bonchev–Trinajstić information content (AvgIpc) is 2.33. The molecule has 2 rings (SSSR count). The molecule has 2 aromatic carbocycles. The summed E-state index contributed by atoms with van der Waals surface area (Å²) in [7, 11) is -3.69. The highest BCUT2D eigenvalue weighted by atomic mass is 127. The Balaban J connectivity index is 2.36. The molecule has 0 aliphatic rings. The van der Waals surface area contributed by atoms with E-state index in [2.05, 4.69) is 27.3 Å². The third kappa shape index (κ3) is 3.52. The van der Waals surface area contributed by atoms with Crippen molar-refractivity contribution in [1.82, 2.24) is 0 Å². The predicted octanol–water partition coefficient (Wildman–Crippen LogP) is 3.33. The maximum atomic E-state index is 12.2. The molecule has 7 heteroatoms. The molecule has 4 nitrogen and oxygen atoms in total. The molecule has 0 bridgehead atoms. The van der Waals surface area contributed by atoms with E-state index < -0.39 is 10.0 Å². The van der Waals surface area contributed by atoms with E-state index in [0.717, 1.165) is 3.57 Å². The van der Waals surface area contributed by atoms with Crippen molar-refractivity contribution in [3.8, 4) is 0 Å². The minimum Gasteiger partial charge on any atom is -0.399 e. The number of nitrogens with two attached hydrogens (primary N) is 1. The minimum absolute atomic E-state index is 0.0992. The second-order valence-corrected chi connectivity index (χ2v) is 7.14. The van der Waals surface area contributed by atoms with Gasteiger partial charge in [0.15, 0.2) is 0 Å². The molecule has 19 heavy (non-hydrogen) atoms. The fraction of sp³-hybridized carbons (Fsp3) is 0. The number of benzene rings is 2. The SMILES string of the molecule is Nc1cccc(S(=O)(=O)Nc2ccc(I)cc2Cl)c1. The molecule has 3 N–H and O–H groups in total. The summed E-state index contributed by atoms with van der Waals surface area (Å²) in [6.07, 6.45) is 0. The zero-order valence-electron chi connectivity index (χ0n) is 9.60. The zero-order valence-corrected chi connectivity index (χ0v) is 13.3. The number of anilines is 2. The first-order valence-electron chi connectivity index (χ1n) is 5.22. The summed E-state index contributed by atoms with van der Waals surface area (Å²) in [5.74, 6) is 0. The topological polar surface area (TPSA) is 72.2 Å². The first kappa shape index (κ1) is 14.4. The van der Waals surface area contributed by atoms with Crippen LogP contribution in [0.25, 0.3) is 0 Å². The van der Waals surface area contributed by atoms with Gasteiger partial charge in [-0.15, -0.1) is 0 Å². The smallest absolute Gasteiger partial charge is 0.262 e. The Labute approximate surface area is 130 Å². The van der Waals surface area contributed by atoms with Crippen LogP contribution in [-0.2, 0) is 10.0 Å². The monoisotopic (exact) mass is 408 g/mol. The van der Waals surface area contributed by atoms with Crippen molar-refractivity contribution in [2.75, 3.05) is 10.5 Å². The third-order valence-electron chi connectivity index (χ3n) is 2.34. The number of hydrogen-bond donors (Lipinski definition) is 2. The summed E-state index contributed by atoms with van der Waals surface area (Å²) in [6.45, 7) is 0. The number of hydrogen-bond acceptors (Lipinski definition) is 3. The summed E-state index contributed by atoms with van der Waals surface area (Å²) in [5, 5.41) is 0.347. The first-order valence-corrected chi connectivity index (χ1v) is 8.16. The lowest BCUT2D eigenvalue weighted by molar-refractivity contribution is 0.601. The van der Waals surface area contributed by atoms with E-state index in [1.807, 2.05) is 0 Å². The van der Waals surface area contributed by atoms with Crippen LogP contribution in [0.1, 0.15) is 0 Å². The number of rotatable bonds is 3. The van der Waals surface area contributed by atoms with Gasteiger partial charge in [-0.05, 0) is 59.0 Å². The van der Waals surface area contributed by atoms with Crippen molar-refractivity contribution < 1.29 is 8.42 Å². The number of halogens is 2. The van der Waals surface area contributed by atoms with Crippen LogP contribution in [0.15, 0.2) is 47.4 Å². The molecule has 0 saturated carbocycles. The second kappa shape index (κ2) is 5.56. The van der Waals surface area contributed by atoms with Crippen molar-refractivity contribution in [2.24, 2.45) is 0 Å². The minimum atomic E-state index is -3.69. The molecule has 0 heterocycles. The molecule has 0 spiro atoms. The summed E-state index contributed by atoms with van der Waals surface area (Å²) < 4.78 is 27.7. The van der Waals surface area contributed by atoms with Crippen molar-refractivity contribution in [3.05, 3.63) is 51.1 Å². The highest BCUT2D eigenvalue weighted by Crippen LogP contribution is 2.26. The van der Waals surface area contributed by atoms with E-state index in [4.69, 9.17) is 17.3 Å². The second-order valence-electron chi connectivity index (χ2n) is 3.80. The van der Waals surface area contributed by atoms with Crippen LogP contribution in [0, 0.1) is 3.57 Å². The van der Waals surface area contributed by atoms with Crippen LogP contribution < -0.4 is 10.5 Å². The van der Waals surface area contributed by atoms with Gasteiger partial charge in [0.2, 0.25) is 0 Å². The van der Waals surface area contributed by atoms with Crippen molar-refractivity contribution in [3.63, 3.8) is 0 Å². The van der Waals surface area contributed by atoms with Crippen molar-refractivity contribution >= 4 is 55.6 Å². The third-order valence-corrected chi connectivity index (χ3v) is 4.69. The molecule has 0 saturated heterocycles. The molecule has 0 atom stereocenters. The maximum Gasteiger partial charge on any atom is 0.262 e. The fourth-order valence-electron chi connectivity index (χ4n) is 1.46. The highest BCUT2D eigenvalue weighted by molar-refractivity contribution is 14.1. The summed E-state index contributed by atoms with van der Waals surface area (Å²) in [6, 6.07) is 11.1. The van der Waals surface area contributed by atoms with Gasteiger partial charge in [0, 0.05) is 9.26 Å². The van der Waals surface area contributed by atoms with Gasteiger partial charge in [-0.2, -0.15) is 0 Å². The van der Waals surface area contributed by atoms with Gasteiger partial charge in [-0.1, -0.05) is 17.7 Å². The largest absolute Gasteiger partial charge is 0.399 e. The van der Waals surface area contributed by atoms with Gasteiger partial charge in [-0.25, -0.2) is 8.42 Å². The molecule has 100 valence electrons. The molecule has 0 amide bonds. The Kier molecular flexibility index (Phi) is 4.22. The predicted molar refractivity (Wildman–Crippen MR) is 85.8 cm³/mol. The molecule has 0 radical (unpaired) electrons. The quantitative estimate of drug-likeness (QED) is 0.604. The van der Waals surface area contributed by atoms with Crippen molar-refractivity contribution in [1.29, 1.82) is 0 Å². The van der Waals surface area contributed by atoms with Crippen LogP contribution in [-0.4, -0.2) is 8.42 Å². The van der Waals surface area contributed by atoms with Gasteiger partial charge >= 0.3 is 0 Å². The summed E-state index contributed by atoms with van der Waals surface area (Å²) >= 11 is 8.09. The number of nitrogen functional groups attached to an aromatic ring is 1. The van der Waals surface area contributed by atoms with E-state index >= 15 is 0 Å². The van der Waals surface area contributed by atoms with Gasteiger partial charge < -0.3 is 5.73 Å². The Bertz CT molecular complexity index is 719. The molecule has 0 fully saturated rings. The molecule has 0 aliphatic heterocycles. The molecular weight excluding hydrogens is 399 g/mol. The highest BCUT2D eigenvalue weighted by Gasteiger charge is 2.15. The Morgan fingerprint density at radius 1 is 1.16 bits per heavy atom. The first-order chi connectivity index (χ1) is 8.88. The average molecular weight is 409 g/mol. The Morgan fingerprint density at radius 2 is 1.89 bits per heavy atom. The molecule has 0 aromatic heterocycles. The number of sulfonamides is 1. The van der Waals surface area contributed by atoms with E-state index in [1.54, 1.807) is 30.3 Å². The molecular formula is C12H10ClIN2O2S. The van der Waals surface area contributed by atoms with Gasteiger partial charge in [-0.3, -0.25) is 4.72 Å². The van der Waals surface area contributed by atoms with E-state index in [-0.39, 0.29) is 4.90 Å². The van der Waals surface area contributed by atoms with Gasteiger partial charge in [0.05, 0.1) is 15.6 Å². The maximum absolute atomic E-state index is 12.2. The molecule has 2 aromatic rings. The normalized spacial score (nSPS) is 11.3. The van der Waals surface area contributed by atoms with Gasteiger partial charge in [0.1, 0.15) is 0 Å². The number of nitrogens with one attached hydrogen (secondary N) is 1. The Morgan fingerprint density at radius 3 is 2.53 bits per heavy atom. The summed E-state index contributed by atoms with van der Waals surface area (Å²) in [4.78, 5) is 0.0992. The van der Waals surface area contributed by atoms with Gasteiger partial charge in [0.25, 0.3) is 10.0 Å². The Hall–Kier alpha value is -0.990. The van der Waals surface area contributed by atoms with E-state index in [9.17, 15) is 8.42 Å².